The number of methoxy groups -OCH3 is 1. The minimum absolute atomic E-state index is 0.0688. The summed E-state index contributed by atoms with van der Waals surface area (Å²) in [6.07, 6.45) is -0.0213. The summed E-state index contributed by atoms with van der Waals surface area (Å²) >= 11 is 1.42. The molecule has 1 aromatic heterocycles. The van der Waals surface area contributed by atoms with Gasteiger partial charge in [-0.15, -0.1) is 11.3 Å². The Balaban J connectivity index is 1.35. The van der Waals surface area contributed by atoms with Crippen LogP contribution in [0.2, 0.25) is 0 Å². The first-order chi connectivity index (χ1) is 28.1. The molecule has 4 N–H and O–H groups in total. The maximum Gasteiger partial charge on any atom is 0.309 e. The molecule has 5 aromatic rings. The van der Waals surface area contributed by atoms with Gasteiger partial charge in [-0.3, -0.25) is 28.8 Å². The first kappa shape index (κ1) is 41.2. The number of ketones is 1. The van der Waals surface area contributed by atoms with Crippen LogP contribution in [0.25, 0.3) is 11.1 Å². The number of fused-ring (bicyclic) bond motifs is 18. The number of hydrogen-bond donors (Lipinski definition) is 4. The monoisotopic (exact) mass is 798 g/mol. The molecular formula is C46H46N4O7S. The average Bonchev–Trinajstić information content (AvgIpc) is 3.76. The van der Waals surface area contributed by atoms with E-state index in [0.29, 0.717) is 5.69 Å². The lowest BCUT2D eigenvalue weighted by atomic mass is 9.90. The molecule has 0 saturated heterocycles. The predicted molar refractivity (Wildman–Crippen MR) is 223 cm³/mol. The standard InChI is InChI=1S/C46H46N4O7S/c1-57-46(56)35-25-31-16-20-36(21-17-31)47-42(52)22-23-43(53)48-40(29-37-13-8-24-58-37)45(55)50-39(27-32-14-18-34(19-15-32)33-11-6-3-7-12-33)44(54)49-38(41(51)28-35)26-30-9-4-2-5-10-30/h2-21,24,35,38-40H,22-23,25-29H2,1H3,(H,47,52)(H,48,53)(H,49,54)(H,50,55)/t35-,38-,39+,40-/m1/s1. The van der Waals surface area contributed by atoms with Crippen LogP contribution < -0.4 is 21.3 Å². The molecule has 298 valence electrons. The minimum Gasteiger partial charge on any atom is -0.469 e. The lowest BCUT2D eigenvalue weighted by Crippen LogP contribution is -2.57. The van der Waals surface area contributed by atoms with E-state index in [0.717, 1.165) is 32.7 Å². The van der Waals surface area contributed by atoms with Gasteiger partial charge in [0, 0.05) is 42.7 Å². The largest absolute Gasteiger partial charge is 0.469 e. The van der Waals surface area contributed by atoms with Gasteiger partial charge in [0.15, 0.2) is 5.78 Å². The zero-order valence-corrected chi connectivity index (χ0v) is 33.0. The third-order valence-electron chi connectivity index (χ3n) is 10.0. The summed E-state index contributed by atoms with van der Waals surface area (Å²) in [7, 11) is 1.26. The maximum absolute atomic E-state index is 14.5. The van der Waals surface area contributed by atoms with Crippen molar-refractivity contribution >= 4 is 52.4 Å². The molecule has 4 amide bonds. The van der Waals surface area contributed by atoms with Crippen molar-refractivity contribution in [3.8, 4) is 11.1 Å². The van der Waals surface area contributed by atoms with Gasteiger partial charge in [-0.1, -0.05) is 103 Å². The summed E-state index contributed by atoms with van der Waals surface area (Å²) in [6.45, 7) is 0. The fourth-order valence-corrected chi connectivity index (χ4v) is 7.66. The van der Waals surface area contributed by atoms with Crippen LogP contribution in [-0.2, 0) is 59.2 Å². The molecule has 2 aliphatic heterocycles. The van der Waals surface area contributed by atoms with E-state index in [9.17, 15) is 28.8 Å². The van der Waals surface area contributed by atoms with E-state index < -0.39 is 53.6 Å². The smallest absolute Gasteiger partial charge is 0.309 e. The van der Waals surface area contributed by atoms with Crippen LogP contribution in [0.5, 0.6) is 0 Å². The third kappa shape index (κ3) is 11.8. The summed E-state index contributed by atoms with van der Waals surface area (Å²) < 4.78 is 5.11. The fourth-order valence-electron chi connectivity index (χ4n) is 6.90. The van der Waals surface area contributed by atoms with Gasteiger partial charge in [-0.2, -0.15) is 0 Å². The average molecular weight is 799 g/mol. The van der Waals surface area contributed by atoms with E-state index in [1.165, 1.54) is 18.4 Å². The molecule has 4 aromatic carbocycles. The Bertz CT molecular complexity index is 2180. The number of rotatable bonds is 8. The highest BCUT2D eigenvalue weighted by atomic mass is 32.1. The van der Waals surface area contributed by atoms with E-state index >= 15 is 0 Å². The second-order valence-corrected chi connectivity index (χ2v) is 15.4. The van der Waals surface area contributed by atoms with E-state index in [1.54, 1.807) is 24.3 Å². The van der Waals surface area contributed by atoms with Crippen molar-refractivity contribution in [2.75, 3.05) is 12.4 Å². The van der Waals surface area contributed by atoms with Crippen molar-refractivity contribution < 1.29 is 33.5 Å². The summed E-state index contributed by atoms with van der Waals surface area (Å²) in [5, 5.41) is 13.3. The quantitative estimate of drug-likeness (QED) is 0.117. The number of hydrogen-bond acceptors (Lipinski definition) is 8. The Hall–Kier alpha value is -6.40. The summed E-state index contributed by atoms with van der Waals surface area (Å²) in [5.41, 5.74) is 4.75. The molecule has 0 unspecified atom stereocenters. The number of nitrogens with one attached hydrogen (secondary N) is 4. The van der Waals surface area contributed by atoms with E-state index in [2.05, 4.69) is 21.3 Å². The molecule has 58 heavy (non-hydrogen) atoms. The second kappa shape index (κ2) is 20.1. The maximum atomic E-state index is 14.5. The van der Waals surface area contributed by atoms with Crippen molar-refractivity contribution in [3.05, 3.63) is 148 Å². The molecule has 11 nitrogen and oxygen atoms in total. The van der Waals surface area contributed by atoms with E-state index in [1.807, 2.05) is 102 Å². The van der Waals surface area contributed by atoms with Crippen molar-refractivity contribution in [3.63, 3.8) is 0 Å². The molecule has 0 radical (unpaired) electrons. The molecule has 0 spiro atoms. The Morgan fingerprint density at radius 1 is 0.603 bits per heavy atom. The molecule has 12 heteroatoms. The van der Waals surface area contributed by atoms with E-state index in [4.69, 9.17) is 4.74 Å². The van der Waals surface area contributed by atoms with Gasteiger partial charge in [0.1, 0.15) is 12.1 Å². The molecule has 0 saturated carbocycles. The van der Waals surface area contributed by atoms with Gasteiger partial charge in [0.25, 0.3) is 0 Å². The van der Waals surface area contributed by atoms with Crippen LogP contribution >= 0.6 is 11.3 Å². The number of carbonyl (C=O) groups is 6. The normalized spacial score (nSPS) is 19.8. The first-order valence-electron chi connectivity index (χ1n) is 19.2. The van der Waals surface area contributed by atoms with Gasteiger partial charge in [0.05, 0.1) is 19.1 Å². The molecule has 4 atom stereocenters. The SMILES string of the molecule is COC(=O)[C@H]1CC(=O)[C@@H](Cc2ccccc2)NC(=O)[C@H](Cc2ccc(-c3ccccc3)cc2)NC(=O)[C@@H](Cc2cccs2)NC(=O)CCC(=O)Nc2ccc(cc2)C1. The summed E-state index contributed by atoms with van der Waals surface area (Å²) in [4.78, 5) is 83.0. The van der Waals surface area contributed by atoms with Crippen LogP contribution in [-0.4, -0.2) is 60.6 Å². The Morgan fingerprint density at radius 3 is 1.84 bits per heavy atom. The zero-order chi connectivity index (χ0) is 40.9. The van der Waals surface area contributed by atoms with Crippen molar-refractivity contribution in [1.29, 1.82) is 0 Å². The molecule has 7 rings (SSSR count). The van der Waals surface area contributed by atoms with Crippen molar-refractivity contribution in [2.24, 2.45) is 5.92 Å². The second-order valence-electron chi connectivity index (χ2n) is 14.3. The lowest BCUT2D eigenvalue weighted by molar-refractivity contribution is -0.147. The molecule has 3 heterocycles. The number of ether oxygens (including phenoxy) is 1. The van der Waals surface area contributed by atoms with Gasteiger partial charge >= 0.3 is 5.97 Å². The molecule has 0 fully saturated rings. The Morgan fingerprint density at radius 2 is 1.19 bits per heavy atom. The number of anilines is 1. The van der Waals surface area contributed by atoms with Crippen LogP contribution in [0.3, 0.4) is 0 Å². The molecular weight excluding hydrogens is 753 g/mol. The number of Topliss-reactive ketones (excluding diaryl/α,β-unsaturated/α-hetero) is 1. The highest BCUT2D eigenvalue weighted by molar-refractivity contribution is 7.09. The van der Waals surface area contributed by atoms with Crippen LogP contribution in [0.15, 0.2) is 127 Å². The van der Waals surface area contributed by atoms with Gasteiger partial charge in [0.2, 0.25) is 23.6 Å². The topological polar surface area (TPSA) is 160 Å². The minimum atomic E-state index is -1.17. The molecule has 2 bridgehead atoms. The van der Waals surface area contributed by atoms with E-state index in [-0.39, 0.29) is 50.7 Å². The molecule has 2 aliphatic rings. The Labute approximate surface area is 341 Å². The van der Waals surface area contributed by atoms with Crippen molar-refractivity contribution in [1.82, 2.24) is 16.0 Å². The third-order valence-corrected chi connectivity index (χ3v) is 10.9. The molecule has 0 aliphatic carbocycles. The highest BCUT2D eigenvalue weighted by Crippen LogP contribution is 2.22. The summed E-state index contributed by atoms with van der Waals surface area (Å²) in [6, 6.07) is 34.0. The van der Waals surface area contributed by atoms with Crippen LogP contribution in [0.1, 0.15) is 40.8 Å². The highest BCUT2D eigenvalue weighted by Gasteiger charge is 2.33. The Kier molecular flexibility index (Phi) is 14.3. The zero-order valence-electron chi connectivity index (χ0n) is 32.1. The number of benzene rings is 4. The number of carbonyl (C=O) groups excluding carboxylic acids is 6. The number of esters is 1. The van der Waals surface area contributed by atoms with Gasteiger partial charge in [-0.25, -0.2) is 0 Å². The fraction of sp³-hybridized carbons (Fsp3) is 0.261. The van der Waals surface area contributed by atoms with Gasteiger partial charge in [-0.05, 0) is 64.2 Å². The predicted octanol–water partition coefficient (Wildman–Crippen LogP) is 5.62. The van der Waals surface area contributed by atoms with Crippen molar-refractivity contribution in [2.45, 2.75) is 63.1 Å². The first-order valence-corrected chi connectivity index (χ1v) is 20.1. The van der Waals surface area contributed by atoms with Crippen LogP contribution in [0.4, 0.5) is 5.69 Å². The van der Waals surface area contributed by atoms with Crippen LogP contribution in [0, 0.1) is 5.92 Å². The lowest BCUT2D eigenvalue weighted by Gasteiger charge is -2.26. The summed E-state index contributed by atoms with van der Waals surface area (Å²) in [5.74, 6) is -3.94. The number of amides is 4. The number of thiophene rings is 1. The van der Waals surface area contributed by atoms with Gasteiger partial charge < -0.3 is 26.0 Å².